The maximum atomic E-state index is 13.3. The number of nitrogens with two attached hydrogens (primary N) is 1. The lowest BCUT2D eigenvalue weighted by molar-refractivity contribution is -0.144. The maximum absolute atomic E-state index is 13.3. The Kier molecular flexibility index (Phi) is 6.29. The number of carboxylic acid groups (broad SMARTS) is 1. The van der Waals surface area contributed by atoms with Crippen molar-refractivity contribution < 1.29 is 32.1 Å². The van der Waals surface area contributed by atoms with Gasteiger partial charge in [0.15, 0.2) is 11.3 Å². The first-order chi connectivity index (χ1) is 13.8. The lowest BCUT2D eigenvalue weighted by Crippen LogP contribution is -2.41. The van der Waals surface area contributed by atoms with Gasteiger partial charge in [0.25, 0.3) is 0 Å². The van der Waals surface area contributed by atoms with Gasteiger partial charge in [0.1, 0.15) is 10.7 Å². The number of hydrogen-bond donors (Lipinski definition) is 3. The minimum Gasteiger partial charge on any atom is -0.479 e. The van der Waals surface area contributed by atoms with Gasteiger partial charge in [0.2, 0.25) is 0 Å². The van der Waals surface area contributed by atoms with Crippen molar-refractivity contribution in [1.29, 1.82) is 5.26 Å². The van der Waals surface area contributed by atoms with Crippen LogP contribution in [-0.4, -0.2) is 33.2 Å². The number of rotatable bonds is 5. The molecular weight excluding hydrogens is 449 g/mol. The first-order valence-electron chi connectivity index (χ1n) is 7.99. The van der Waals surface area contributed by atoms with E-state index in [0.29, 0.717) is 12.1 Å². The van der Waals surface area contributed by atoms with Crippen LogP contribution in [0.1, 0.15) is 24.5 Å². The van der Waals surface area contributed by atoms with Gasteiger partial charge in [0.05, 0.1) is 45.3 Å². The summed E-state index contributed by atoms with van der Waals surface area (Å²) in [4.78, 5) is 27.4. The second kappa shape index (κ2) is 8.08. The maximum Gasteiger partial charge on any atom is 0.416 e. The van der Waals surface area contributed by atoms with Crippen molar-refractivity contribution in [2.24, 2.45) is 10.7 Å². The highest BCUT2D eigenvalue weighted by molar-refractivity contribution is 7.89. The fraction of sp³-hybridized carbons (Fsp3) is 0.294. The third-order valence-corrected chi connectivity index (χ3v) is 5.51. The summed E-state index contributed by atoms with van der Waals surface area (Å²) in [5.41, 5.74) is 0.641. The van der Waals surface area contributed by atoms with E-state index in [1.807, 2.05) is 0 Å². The molecule has 2 rings (SSSR count). The third kappa shape index (κ3) is 4.03. The molecule has 1 aliphatic rings. The number of alkyl halides is 3. The number of Topliss-reactive ketones (excluding diaryl/α,β-unsaturated/α-hetero) is 1. The number of aliphatic imine (C=N–C) groups is 1. The number of fused-ring (bicyclic) bond motifs is 1. The molecule has 0 fully saturated rings. The molecule has 0 radical (unpaired) electrons. The topological polar surface area (TPSA) is 146 Å². The van der Waals surface area contributed by atoms with Crippen molar-refractivity contribution in [3.05, 3.63) is 38.9 Å². The van der Waals surface area contributed by atoms with Gasteiger partial charge in [-0.1, -0.05) is 11.6 Å². The number of carbonyl (C=O) groups is 2. The summed E-state index contributed by atoms with van der Waals surface area (Å²) in [6.45, 7) is 1.07. The molecule has 1 aliphatic heterocycles. The molecule has 1 aromatic rings. The Morgan fingerprint density at radius 2 is 2.03 bits per heavy atom. The van der Waals surface area contributed by atoms with Gasteiger partial charge < -0.3 is 16.2 Å². The number of anilines is 1. The number of nitrogens with one attached hydrogen (secondary N) is 1. The number of benzene rings is 1. The minimum atomic E-state index is -4.85. The zero-order valence-electron chi connectivity index (χ0n) is 15.4. The largest absolute Gasteiger partial charge is 0.479 e. The molecule has 0 saturated carbocycles. The molecule has 0 aliphatic carbocycles. The molecule has 160 valence electrons. The van der Waals surface area contributed by atoms with Gasteiger partial charge in [-0.15, -0.1) is 0 Å². The van der Waals surface area contributed by atoms with E-state index in [1.165, 1.54) is 0 Å². The molecule has 0 amide bonds. The van der Waals surface area contributed by atoms with Crippen LogP contribution in [0, 0.1) is 11.3 Å². The van der Waals surface area contributed by atoms with Crippen molar-refractivity contribution in [3.8, 4) is 6.07 Å². The summed E-state index contributed by atoms with van der Waals surface area (Å²) < 4.78 is 52.0. The Morgan fingerprint density at radius 3 is 2.47 bits per heavy atom. The summed E-state index contributed by atoms with van der Waals surface area (Å²) in [6.07, 6.45) is -4.58. The normalized spacial score (nSPS) is 20.1. The first kappa shape index (κ1) is 23.4. The lowest BCUT2D eigenvalue weighted by atomic mass is 9.84. The third-order valence-electron chi connectivity index (χ3n) is 4.22. The lowest BCUT2D eigenvalue weighted by Gasteiger charge is -2.33. The van der Waals surface area contributed by atoms with Crippen LogP contribution < -0.4 is 11.1 Å². The van der Waals surface area contributed by atoms with E-state index in [9.17, 15) is 37.3 Å². The summed E-state index contributed by atoms with van der Waals surface area (Å²) in [5.74, 6) is -2.90. The minimum absolute atomic E-state index is 0.286. The van der Waals surface area contributed by atoms with Gasteiger partial charge in [-0.05, 0) is 12.1 Å². The number of carbonyl (C=O) groups excluding carboxylic acids is 1. The number of hydrogen-bond acceptors (Lipinski definition) is 7. The highest BCUT2D eigenvalue weighted by atomic mass is 35.5. The summed E-state index contributed by atoms with van der Waals surface area (Å²) >= 11 is 5.99. The van der Waals surface area contributed by atoms with Crippen LogP contribution in [0.4, 0.5) is 18.9 Å². The highest BCUT2D eigenvalue weighted by Gasteiger charge is 2.48. The van der Waals surface area contributed by atoms with Crippen LogP contribution in [0.2, 0.25) is 5.02 Å². The summed E-state index contributed by atoms with van der Waals surface area (Å²) in [7, 11) is -1.96. The molecule has 0 spiro atoms. The van der Waals surface area contributed by atoms with Gasteiger partial charge in [0, 0.05) is 18.7 Å². The zero-order valence-corrected chi connectivity index (χ0v) is 17.0. The Bertz CT molecular complexity index is 1080. The zero-order chi connectivity index (χ0) is 23.0. The predicted molar refractivity (Wildman–Crippen MR) is 103 cm³/mol. The van der Waals surface area contributed by atoms with Crippen LogP contribution in [-0.2, 0) is 32.1 Å². The van der Waals surface area contributed by atoms with Crippen molar-refractivity contribution in [2.45, 2.75) is 25.1 Å². The molecule has 0 bridgehead atoms. The smallest absolute Gasteiger partial charge is 0.416 e. The number of carboxylic acids is 1. The molecule has 4 N–H and O–H groups in total. The molecule has 1 heterocycles. The standard InChI is InChI=1S/C17H14ClF3N4O4S/c1-7(26)11(23)13(30(2)29)14-24-12-9(16(25-14,3-4-22)15(27)28)5-8(6-10(12)18)17(19,20)21/h5-6H,3,23H2,1-2H3,(H,24,25)(H,27,28). The van der Waals surface area contributed by atoms with Crippen LogP contribution in [0.25, 0.3) is 0 Å². The quantitative estimate of drug-likeness (QED) is 0.570. The Hall–Kier alpha value is -2.91. The number of halogens is 4. The number of amidine groups is 1. The van der Waals surface area contributed by atoms with Crippen LogP contribution in [0.3, 0.4) is 0 Å². The summed E-state index contributed by atoms with van der Waals surface area (Å²) in [6, 6.07) is 2.68. The molecule has 2 atom stereocenters. The molecule has 30 heavy (non-hydrogen) atoms. The van der Waals surface area contributed by atoms with Gasteiger partial charge >= 0.3 is 12.1 Å². The monoisotopic (exact) mass is 462 g/mol. The van der Waals surface area contributed by atoms with E-state index >= 15 is 0 Å². The molecule has 0 saturated heterocycles. The number of nitriles is 1. The summed E-state index contributed by atoms with van der Waals surface area (Å²) in [5, 5.41) is 21.0. The van der Waals surface area contributed by atoms with Crippen molar-refractivity contribution in [1.82, 2.24) is 0 Å². The van der Waals surface area contributed by atoms with Crippen molar-refractivity contribution in [3.63, 3.8) is 0 Å². The number of ketones is 1. The Morgan fingerprint density at radius 1 is 1.43 bits per heavy atom. The Labute approximate surface area is 175 Å². The molecular formula is C17H14ClF3N4O4S. The van der Waals surface area contributed by atoms with Gasteiger partial charge in [-0.25, -0.2) is 9.79 Å². The van der Waals surface area contributed by atoms with Crippen LogP contribution >= 0.6 is 11.6 Å². The predicted octanol–water partition coefficient (Wildman–Crippen LogP) is 2.51. The fourth-order valence-electron chi connectivity index (χ4n) is 2.79. The van der Waals surface area contributed by atoms with E-state index in [-0.39, 0.29) is 10.6 Å². The number of allylic oxidation sites excluding steroid dienone is 1. The second-order valence-electron chi connectivity index (χ2n) is 6.22. The second-order valence-corrected chi connectivity index (χ2v) is 7.94. The number of aliphatic carboxylic acids is 1. The molecule has 1 aromatic carbocycles. The fourth-order valence-corrected chi connectivity index (χ4v) is 3.88. The molecule has 2 unspecified atom stereocenters. The van der Waals surface area contributed by atoms with Gasteiger partial charge in [-0.3, -0.25) is 9.00 Å². The van der Waals surface area contributed by atoms with Crippen molar-refractivity contribution in [2.75, 3.05) is 11.6 Å². The van der Waals surface area contributed by atoms with Crippen molar-refractivity contribution >= 4 is 45.7 Å². The average molecular weight is 463 g/mol. The van der Waals surface area contributed by atoms with Crippen LogP contribution in [0.15, 0.2) is 27.7 Å². The molecule has 13 heteroatoms. The SMILES string of the molecule is CC(=O)C(N)=C(C1=NC(CC#N)(C(=O)O)c2cc(C(F)(F)F)cc(Cl)c2N1)S(C)=O. The van der Waals surface area contributed by atoms with Gasteiger partial charge in [-0.2, -0.15) is 18.4 Å². The van der Waals surface area contributed by atoms with E-state index in [1.54, 1.807) is 6.07 Å². The average Bonchev–Trinajstić information content (AvgIpc) is 2.61. The van der Waals surface area contributed by atoms with E-state index in [4.69, 9.17) is 17.3 Å². The number of nitrogens with zero attached hydrogens (tertiary/aromatic N) is 2. The Balaban J connectivity index is 2.96. The van der Waals surface area contributed by atoms with E-state index in [2.05, 4.69) is 10.3 Å². The molecule has 8 nitrogen and oxygen atoms in total. The first-order valence-corrected chi connectivity index (χ1v) is 9.92. The molecule has 0 aromatic heterocycles. The highest BCUT2D eigenvalue weighted by Crippen LogP contribution is 2.46. The van der Waals surface area contributed by atoms with E-state index in [0.717, 1.165) is 13.2 Å². The van der Waals surface area contributed by atoms with E-state index < -0.39 is 68.4 Å². The van der Waals surface area contributed by atoms with Crippen LogP contribution in [0.5, 0.6) is 0 Å².